The van der Waals surface area contributed by atoms with Crippen molar-refractivity contribution in [3.05, 3.63) is 41.1 Å². The Morgan fingerprint density at radius 3 is 2.35 bits per heavy atom. The van der Waals surface area contributed by atoms with Gasteiger partial charge in [0.2, 0.25) is 5.95 Å². The van der Waals surface area contributed by atoms with Crippen LogP contribution in [0, 0.1) is 0 Å². The van der Waals surface area contributed by atoms with Crippen LogP contribution in [0.3, 0.4) is 0 Å². The van der Waals surface area contributed by atoms with Gasteiger partial charge < -0.3 is 15.1 Å². The van der Waals surface area contributed by atoms with Crippen LogP contribution in [0.25, 0.3) is 0 Å². The molecule has 0 radical (unpaired) electrons. The highest BCUT2D eigenvalue weighted by Crippen LogP contribution is 2.35. The largest absolute Gasteiger partial charge is 0.341 e. The molecule has 4 rings (SSSR count). The topological polar surface area (TPSA) is 61.4 Å². The van der Waals surface area contributed by atoms with E-state index in [0.29, 0.717) is 24.1 Å². The van der Waals surface area contributed by atoms with Gasteiger partial charge in [-0.05, 0) is 64.2 Å². The molecule has 0 unspecified atom stereocenters. The molecule has 31 heavy (non-hydrogen) atoms. The summed E-state index contributed by atoms with van der Waals surface area (Å²) in [5.74, 6) is 2.05. The van der Waals surface area contributed by atoms with E-state index in [2.05, 4.69) is 53.3 Å². The molecule has 1 fully saturated rings. The van der Waals surface area contributed by atoms with Crippen molar-refractivity contribution in [2.24, 2.45) is 0 Å². The minimum Gasteiger partial charge on any atom is -0.341 e. The molecular formula is C25H35N5O. The average molecular weight is 422 g/mol. The maximum atomic E-state index is 13.0. The summed E-state index contributed by atoms with van der Waals surface area (Å²) in [4.78, 5) is 26.5. The van der Waals surface area contributed by atoms with Crippen molar-refractivity contribution >= 4 is 23.4 Å². The maximum absolute atomic E-state index is 13.0. The Bertz CT molecular complexity index is 914. The van der Waals surface area contributed by atoms with Crippen molar-refractivity contribution in [3.63, 3.8) is 0 Å². The molecule has 1 aliphatic carbocycles. The lowest BCUT2D eigenvalue weighted by Crippen LogP contribution is -2.31. The number of nitrogens with one attached hydrogen (secondary N) is 1. The summed E-state index contributed by atoms with van der Waals surface area (Å²) in [6, 6.07) is 8.91. The lowest BCUT2D eigenvalue weighted by molar-refractivity contribution is 0.0726. The van der Waals surface area contributed by atoms with E-state index in [1.165, 1.54) is 37.7 Å². The quantitative estimate of drug-likeness (QED) is 0.641. The van der Waals surface area contributed by atoms with Gasteiger partial charge in [-0.1, -0.05) is 31.4 Å². The summed E-state index contributed by atoms with van der Waals surface area (Å²) in [6.07, 6.45) is 6.65. The smallest absolute Gasteiger partial charge is 0.273 e. The molecule has 166 valence electrons. The van der Waals surface area contributed by atoms with Crippen molar-refractivity contribution < 1.29 is 4.79 Å². The Morgan fingerprint density at radius 2 is 1.74 bits per heavy atom. The highest BCUT2D eigenvalue weighted by Gasteiger charge is 2.34. The van der Waals surface area contributed by atoms with Crippen molar-refractivity contribution in [2.75, 3.05) is 23.3 Å². The van der Waals surface area contributed by atoms with Crippen LogP contribution < -0.4 is 10.2 Å². The first-order valence-corrected chi connectivity index (χ1v) is 11.9. The third kappa shape index (κ3) is 4.39. The van der Waals surface area contributed by atoms with Crippen molar-refractivity contribution in [3.8, 4) is 0 Å². The number of rotatable bonds is 7. The number of amides is 1. The van der Waals surface area contributed by atoms with Gasteiger partial charge in [0.05, 0.1) is 6.54 Å². The predicted molar refractivity (Wildman–Crippen MR) is 126 cm³/mol. The molecule has 6 nitrogen and oxygen atoms in total. The number of aromatic nitrogens is 2. The molecule has 1 amide bonds. The van der Waals surface area contributed by atoms with Gasteiger partial charge >= 0.3 is 0 Å². The fourth-order valence-electron chi connectivity index (χ4n) is 4.76. The van der Waals surface area contributed by atoms with Crippen molar-refractivity contribution in [2.45, 2.75) is 78.3 Å². The molecule has 1 saturated carbocycles. The fourth-order valence-corrected chi connectivity index (χ4v) is 4.76. The lowest BCUT2D eigenvalue weighted by Gasteiger charge is -2.22. The Balaban J connectivity index is 1.64. The van der Waals surface area contributed by atoms with E-state index in [9.17, 15) is 4.79 Å². The van der Waals surface area contributed by atoms with E-state index in [1.54, 1.807) is 0 Å². The second-order valence-electron chi connectivity index (χ2n) is 8.98. The van der Waals surface area contributed by atoms with E-state index < -0.39 is 0 Å². The Morgan fingerprint density at radius 1 is 1.06 bits per heavy atom. The number of carbonyl (C=O) groups is 1. The van der Waals surface area contributed by atoms with Gasteiger partial charge in [-0.3, -0.25) is 4.79 Å². The zero-order chi connectivity index (χ0) is 22.0. The lowest BCUT2D eigenvalue weighted by atomic mass is 9.84. The van der Waals surface area contributed by atoms with Gasteiger partial charge in [0.15, 0.2) is 0 Å². The zero-order valence-corrected chi connectivity index (χ0v) is 19.3. The second kappa shape index (κ2) is 9.25. The average Bonchev–Trinajstić information content (AvgIpc) is 3.13. The van der Waals surface area contributed by atoms with Gasteiger partial charge in [-0.25, -0.2) is 4.98 Å². The number of fused-ring (bicyclic) bond motifs is 1. The highest BCUT2D eigenvalue weighted by atomic mass is 16.2. The van der Waals surface area contributed by atoms with Crippen LogP contribution in [0.4, 0.5) is 17.5 Å². The van der Waals surface area contributed by atoms with Gasteiger partial charge in [0.1, 0.15) is 11.5 Å². The minimum atomic E-state index is -0.00324. The minimum absolute atomic E-state index is 0.00324. The first-order valence-electron chi connectivity index (χ1n) is 11.9. The normalized spacial score (nSPS) is 16.7. The summed E-state index contributed by atoms with van der Waals surface area (Å²) in [5.41, 5.74) is 3.86. The van der Waals surface area contributed by atoms with Crippen LogP contribution in [0.1, 0.15) is 87.3 Å². The van der Waals surface area contributed by atoms with Crippen LogP contribution in [0.15, 0.2) is 24.3 Å². The molecule has 6 heteroatoms. The maximum Gasteiger partial charge on any atom is 0.273 e. The van der Waals surface area contributed by atoms with Crippen LogP contribution >= 0.6 is 0 Å². The molecule has 0 bridgehead atoms. The monoisotopic (exact) mass is 421 g/mol. The molecule has 0 atom stereocenters. The van der Waals surface area contributed by atoms with E-state index in [4.69, 9.17) is 4.98 Å². The predicted octanol–water partition coefficient (Wildman–Crippen LogP) is 5.48. The van der Waals surface area contributed by atoms with Gasteiger partial charge in [0, 0.05) is 30.4 Å². The number of hydrogen-bond acceptors (Lipinski definition) is 5. The number of carbonyl (C=O) groups excluding carboxylic acids is 1. The summed E-state index contributed by atoms with van der Waals surface area (Å²) < 4.78 is 0. The third-order valence-electron chi connectivity index (χ3n) is 6.71. The molecule has 1 N–H and O–H groups in total. The van der Waals surface area contributed by atoms with Crippen LogP contribution in [-0.2, 0) is 6.54 Å². The highest BCUT2D eigenvalue weighted by molar-refractivity contribution is 5.98. The fraction of sp³-hybridized carbons (Fsp3) is 0.560. The van der Waals surface area contributed by atoms with Crippen molar-refractivity contribution in [1.29, 1.82) is 0 Å². The number of anilines is 3. The van der Waals surface area contributed by atoms with Gasteiger partial charge in [-0.15, -0.1) is 0 Å². The zero-order valence-electron chi connectivity index (χ0n) is 19.3. The number of hydrogen-bond donors (Lipinski definition) is 1. The Kier molecular flexibility index (Phi) is 6.44. The molecule has 0 saturated heterocycles. The number of benzene rings is 1. The molecular weight excluding hydrogens is 386 g/mol. The molecule has 1 aromatic heterocycles. The second-order valence-corrected chi connectivity index (χ2v) is 8.98. The van der Waals surface area contributed by atoms with Crippen LogP contribution in [0.2, 0.25) is 0 Å². The SMILES string of the molecule is CCN(CC)c1nc(Nc2ccc(C3CCCCC3)cc2)c2c(n1)C(=O)N(C(C)C)C2. The van der Waals surface area contributed by atoms with Gasteiger partial charge in [-0.2, -0.15) is 4.98 Å². The molecule has 2 aromatic rings. The molecule has 2 heterocycles. The summed E-state index contributed by atoms with van der Waals surface area (Å²) in [6.45, 7) is 10.4. The molecule has 0 spiro atoms. The first kappa shape index (κ1) is 21.6. The summed E-state index contributed by atoms with van der Waals surface area (Å²) in [7, 11) is 0. The Hall–Kier alpha value is -2.63. The van der Waals surface area contributed by atoms with Crippen LogP contribution in [0.5, 0.6) is 0 Å². The van der Waals surface area contributed by atoms with E-state index in [1.807, 2.05) is 18.7 Å². The summed E-state index contributed by atoms with van der Waals surface area (Å²) >= 11 is 0. The standard InChI is InChI=1S/C25H35N5O/c1-5-29(6-2)25-27-22-21(16-30(17(3)4)24(22)31)23(28-25)26-20-14-12-19(13-15-20)18-10-8-7-9-11-18/h12-15,17-18H,5-11,16H2,1-4H3,(H,26,27,28). The van der Waals surface area contributed by atoms with E-state index >= 15 is 0 Å². The molecule has 2 aliphatic rings. The van der Waals surface area contributed by atoms with Crippen molar-refractivity contribution in [1.82, 2.24) is 14.9 Å². The summed E-state index contributed by atoms with van der Waals surface area (Å²) in [5, 5.41) is 3.50. The van der Waals surface area contributed by atoms with E-state index in [-0.39, 0.29) is 11.9 Å². The third-order valence-corrected chi connectivity index (χ3v) is 6.71. The van der Waals surface area contributed by atoms with Crippen LogP contribution in [-0.4, -0.2) is 39.9 Å². The van der Waals surface area contributed by atoms with Gasteiger partial charge in [0.25, 0.3) is 5.91 Å². The molecule has 1 aromatic carbocycles. The molecule has 1 aliphatic heterocycles. The first-order chi connectivity index (χ1) is 15.0. The Labute approximate surface area is 186 Å². The van der Waals surface area contributed by atoms with E-state index in [0.717, 1.165) is 30.2 Å². The number of nitrogens with zero attached hydrogens (tertiary/aromatic N) is 4.